The molecule has 7 rings (SSSR count). The maximum Gasteiger partial charge on any atom is 4.00 e. The van der Waals surface area contributed by atoms with Crippen LogP contribution in [0, 0.1) is 18.8 Å². The van der Waals surface area contributed by atoms with E-state index in [2.05, 4.69) is 152 Å². The van der Waals surface area contributed by atoms with Crippen molar-refractivity contribution in [2.24, 2.45) is 0 Å². The van der Waals surface area contributed by atoms with Crippen LogP contribution in [0.5, 0.6) is 0 Å². The smallest absolute Gasteiger partial charge is 0.504 e. The van der Waals surface area contributed by atoms with Crippen molar-refractivity contribution >= 4 is 56.5 Å². The van der Waals surface area contributed by atoms with Crippen molar-refractivity contribution in [3.63, 3.8) is 0 Å². The Hall–Kier alpha value is -3.40. The van der Waals surface area contributed by atoms with Crippen LogP contribution < -0.4 is 9.80 Å². The Bertz CT molecular complexity index is 1830. The number of hydrogen-bond donors (Lipinski definition) is 0. The van der Waals surface area contributed by atoms with E-state index in [-0.39, 0.29) is 26.5 Å². The average Bonchev–Trinajstić information content (AvgIpc) is 3.47. The van der Waals surface area contributed by atoms with E-state index in [1.165, 1.54) is 27.7 Å². The number of fused-ring (bicyclic) bond motifs is 4. The van der Waals surface area contributed by atoms with Gasteiger partial charge in [-0.1, -0.05) is 86.6 Å². The van der Waals surface area contributed by atoms with Crippen molar-refractivity contribution < 1.29 is 21.1 Å². The summed E-state index contributed by atoms with van der Waals surface area (Å²) in [5.74, 6) is 0.947. The second-order valence-corrected chi connectivity index (χ2v) is 12.4. The van der Waals surface area contributed by atoms with Crippen molar-refractivity contribution in [3.8, 4) is 0 Å². The fourth-order valence-electron chi connectivity index (χ4n) is 5.45. The first-order valence-corrected chi connectivity index (χ1v) is 14.4. The van der Waals surface area contributed by atoms with Crippen LogP contribution in [0.3, 0.4) is 0 Å². The fourth-order valence-corrected chi connectivity index (χ4v) is 6.31. The zero-order valence-electron chi connectivity index (χ0n) is 23.5. The monoisotopic (exact) mass is 733 g/mol. The molecule has 0 radical (unpaired) electrons. The molecule has 0 fully saturated rings. The van der Waals surface area contributed by atoms with Gasteiger partial charge in [0, 0.05) is 11.4 Å². The summed E-state index contributed by atoms with van der Waals surface area (Å²) >= 11 is 1.71. The van der Waals surface area contributed by atoms with Gasteiger partial charge in [0.1, 0.15) is 0 Å². The normalized spacial score (nSPS) is 14.7. The van der Waals surface area contributed by atoms with Crippen molar-refractivity contribution in [1.29, 1.82) is 0 Å². The molecule has 0 saturated heterocycles. The van der Waals surface area contributed by atoms with Gasteiger partial charge < -0.3 is 19.7 Å². The Labute approximate surface area is 261 Å². The molecule has 0 atom stereocenters. The first kappa shape index (κ1) is 27.8. The molecule has 4 aromatic carbocycles. The molecule has 0 spiro atoms. The summed E-state index contributed by atoms with van der Waals surface area (Å²) in [5, 5.41) is 7.20. The van der Waals surface area contributed by atoms with E-state index in [1.807, 2.05) is 0 Å². The number of nitrogens with zero attached hydrogens (tertiary/aromatic N) is 4. The minimum atomic E-state index is -0.00707. The molecule has 0 saturated carbocycles. The first-order chi connectivity index (χ1) is 19.4. The molecule has 3 heterocycles. The number of benzene rings is 4. The van der Waals surface area contributed by atoms with E-state index in [0.29, 0.717) is 6.54 Å². The molecular weight excluding hydrogens is 704 g/mol. The van der Waals surface area contributed by atoms with Crippen molar-refractivity contribution in [2.45, 2.75) is 36.0 Å². The molecule has 6 heteroatoms. The minimum absolute atomic E-state index is 0. The molecule has 41 heavy (non-hydrogen) atoms. The largest absolute Gasteiger partial charge is 4.00 e. The van der Waals surface area contributed by atoms with E-state index < -0.39 is 0 Å². The quantitative estimate of drug-likeness (QED) is 0.172. The van der Waals surface area contributed by atoms with Crippen LogP contribution in [0.2, 0.25) is 0 Å². The van der Waals surface area contributed by atoms with Gasteiger partial charge in [0.25, 0.3) is 0 Å². The third-order valence-electron chi connectivity index (χ3n) is 7.51. The van der Waals surface area contributed by atoms with Crippen LogP contribution >= 0.6 is 11.8 Å². The number of para-hydroxylation sites is 3. The average molecular weight is 734 g/mol. The fraction of sp³-hybridized carbons (Fsp3) is 0.171. The molecule has 0 amide bonds. The van der Waals surface area contributed by atoms with Gasteiger partial charge >= 0.3 is 21.1 Å². The van der Waals surface area contributed by atoms with Gasteiger partial charge in [-0.3, -0.25) is 0 Å². The summed E-state index contributed by atoms with van der Waals surface area (Å²) in [7, 11) is 2.09. The number of hydrogen-bond acceptors (Lipinski definition) is 3. The molecular formula is C35H30N4PtS. The Morgan fingerprint density at radius 2 is 1.66 bits per heavy atom. The van der Waals surface area contributed by atoms with Crippen LogP contribution in [-0.4, -0.2) is 18.2 Å². The summed E-state index contributed by atoms with van der Waals surface area (Å²) in [5.41, 5.74) is 6.86. The molecule has 5 aromatic rings. The zero-order valence-corrected chi connectivity index (χ0v) is 26.5. The van der Waals surface area contributed by atoms with Crippen LogP contribution in [0.25, 0.3) is 32.9 Å². The second-order valence-electron chi connectivity index (χ2n) is 11.3. The predicted octanol–water partition coefficient (Wildman–Crippen LogP) is 9.29. The van der Waals surface area contributed by atoms with Crippen LogP contribution in [0.1, 0.15) is 26.3 Å². The summed E-state index contributed by atoms with van der Waals surface area (Å²) < 4.78 is 2.24. The topological polar surface area (TPSA) is 25.5 Å². The molecule has 2 aliphatic rings. The molecule has 0 aliphatic carbocycles. The van der Waals surface area contributed by atoms with Gasteiger partial charge in [0.2, 0.25) is 0 Å². The standard InChI is InChI=1S/C35H30N4S.Pt/c1-35(2,3)24-19-25(38-23-37(4)31-13-7-8-14-32(31)38)21-27(20-24)40-26-16-17-29-28-11-5-6-12-30(28)39(33(29)22-26)34-15-9-10-18-36-34;/h5-17,19-20,23H,18H2,1-4H3;/q-4;+4. The SMILES string of the molecule is CN1[CH-]N(c2[c-]c(Sc3[c-]c4c(cc3)c3ccccc3n4C3=CC=CC[N-]3)cc(C(C)(C)C)c2)c2ccccc21.[Pt+4]. The molecule has 0 N–H and O–H groups in total. The third-order valence-corrected chi connectivity index (χ3v) is 8.41. The maximum absolute atomic E-state index is 4.80. The zero-order chi connectivity index (χ0) is 27.4. The number of allylic oxidation sites excluding steroid dienone is 2. The molecule has 0 bridgehead atoms. The number of anilines is 3. The Balaban J connectivity index is 0.00000302. The van der Waals surface area contributed by atoms with Gasteiger partial charge in [0.15, 0.2) is 0 Å². The first-order valence-electron chi connectivity index (χ1n) is 13.6. The van der Waals surface area contributed by atoms with Gasteiger partial charge in [-0.2, -0.15) is 30.9 Å². The van der Waals surface area contributed by atoms with E-state index in [1.54, 1.807) is 11.8 Å². The van der Waals surface area contributed by atoms with Crippen molar-refractivity contribution in [1.82, 2.24) is 4.57 Å². The van der Waals surface area contributed by atoms with Crippen molar-refractivity contribution in [2.75, 3.05) is 23.4 Å². The Morgan fingerprint density at radius 3 is 2.44 bits per heavy atom. The van der Waals surface area contributed by atoms with E-state index in [0.717, 1.165) is 32.3 Å². The molecule has 1 aromatic heterocycles. The molecule has 4 nitrogen and oxygen atoms in total. The van der Waals surface area contributed by atoms with E-state index in [9.17, 15) is 0 Å². The van der Waals surface area contributed by atoms with Crippen LogP contribution in [0.4, 0.5) is 17.1 Å². The summed E-state index contributed by atoms with van der Waals surface area (Å²) in [4.78, 5) is 6.54. The predicted molar refractivity (Wildman–Crippen MR) is 169 cm³/mol. The van der Waals surface area contributed by atoms with Crippen molar-refractivity contribution in [3.05, 3.63) is 121 Å². The van der Waals surface area contributed by atoms with Gasteiger partial charge in [-0.15, -0.1) is 55.8 Å². The Morgan fingerprint density at radius 1 is 0.878 bits per heavy atom. The van der Waals surface area contributed by atoms with Crippen LogP contribution in [0.15, 0.2) is 101 Å². The molecule has 0 unspecified atom stereocenters. The molecule has 2 aliphatic heterocycles. The summed E-state index contributed by atoms with van der Waals surface area (Å²) in [6, 6.07) is 33.5. The summed E-state index contributed by atoms with van der Waals surface area (Å²) in [6.45, 7) is 9.63. The number of aromatic nitrogens is 1. The maximum atomic E-state index is 4.80. The van der Waals surface area contributed by atoms with Gasteiger partial charge in [-0.25, -0.2) is 0 Å². The van der Waals surface area contributed by atoms with E-state index >= 15 is 0 Å². The summed E-state index contributed by atoms with van der Waals surface area (Å²) in [6.07, 6.45) is 6.24. The van der Waals surface area contributed by atoms with Gasteiger partial charge in [-0.05, 0) is 36.7 Å². The number of rotatable bonds is 4. The van der Waals surface area contributed by atoms with Crippen LogP contribution in [-0.2, 0) is 26.5 Å². The Kier molecular flexibility index (Phi) is 7.30. The van der Waals surface area contributed by atoms with Gasteiger partial charge in [0.05, 0.1) is 0 Å². The minimum Gasteiger partial charge on any atom is -0.504 e. The third kappa shape index (κ3) is 5.00. The van der Waals surface area contributed by atoms with E-state index in [4.69, 9.17) is 5.32 Å². The molecule has 206 valence electrons. The second kappa shape index (κ2) is 10.8.